The predicted molar refractivity (Wildman–Crippen MR) is 98.3 cm³/mol. The number of rotatable bonds is 6. The summed E-state index contributed by atoms with van der Waals surface area (Å²) in [5.41, 5.74) is 1.33. The minimum absolute atomic E-state index is 0.00265. The van der Waals surface area contributed by atoms with Gasteiger partial charge in [0.05, 0.1) is 0 Å². The molecule has 1 fully saturated rings. The van der Waals surface area contributed by atoms with Crippen LogP contribution in [0.3, 0.4) is 0 Å². The van der Waals surface area contributed by atoms with E-state index in [4.69, 9.17) is 0 Å². The summed E-state index contributed by atoms with van der Waals surface area (Å²) in [5.74, 6) is -0.178. The van der Waals surface area contributed by atoms with E-state index >= 15 is 0 Å². The van der Waals surface area contributed by atoms with Crippen molar-refractivity contribution >= 4 is 11.7 Å². The minimum atomic E-state index is -0.189. The van der Waals surface area contributed by atoms with Crippen LogP contribution in [0.2, 0.25) is 0 Å². The first-order valence-corrected chi connectivity index (χ1v) is 8.95. The van der Waals surface area contributed by atoms with Gasteiger partial charge in [-0.3, -0.25) is 14.5 Å². The van der Waals surface area contributed by atoms with Crippen molar-refractivity contribution in [3.05, 3.63) is 71.5 Å². The van der Waals surface area contributed by atoms with Gasteiger partial charge in [-0.15, -0.1) is 0 Å². The average molecular weight is 354 g/mol. The van der Waals surface area contributed by atoms with Crippen LogP contribution in [0.1, 0.15) is 28.8 Å². The molecule has 5 heteroatoms. The molecule has 1 aliphatic rings. The number of benzene rings is 2. The SMILES string of the molecule is O=C(CCC(=O)N1CCN(Cc2ccccc2F)CC1)c1ccccc1. The summed E-state index contributed by atoms with van der Waals surface area (Å²) in [5, 5.41) is 0. The van der Waals surface area contributed by atoms with E-state index in [1.165, 1.54) is 6.07 Å². The minimum Gasteiger partial charge on any atom is -0.340 e. The molecule has 136 valence electrons. The first-order valence-electron chi connectivity index (χ1n) is 8.95. The largest absolute Gasteiger partial charge is 0.340 e. The van der Waals surface area contributed by atoms with Gasteiger partial charge in [0.25, 0.3) is 0 Å². The lowest BCUT2D eigenvalue weighted by molar-refractivity contribution is -0.133. The van der Waals surface area contributed by atoms with E-state index in [-0.39, 0.29) is 30.3 Å². The molecule has 26 heavy (non-hydrogen) atoms. The van der Waals surface area contributed by atoms with Crippen LogP contribution >= 0.6 is 0 Å². The molecule has 4 nitrogen and oxygen atoms in total. The fourth-order valence-electron chi connectivity index (χ4n) is 3.17. The predicted octanol–water partition coefficient (Wildman–Crippen LogP) is 3.13. The third kappa shape index (κ3) is 4.76. The molecule has 2 aromatic carbocycles. The number of ketones is 1. The number of carbonyl (C=O) groups excluding carboxylic acids is 2. The fourth-order valence-corrected chi connectivity index (χ4v) is 3.17. The molecule has 1 aliphatic heterocycles. The highest BCUT2D eigenvalue weighted by Crippen LogP contribution is 2.13. The molecule has 3 rings (SSSR count). The molecule has 0 N–H and O–H groups in total. The molecule has 2 aromatic rings. The maximum Gasteiger partial charge on any atom is 0.223 e. The van der Waals surface area contributed by atoms with Gasteiger partial charge in [0.1, 0.15) is 5.82 Å². The van der Waals surface area contributed by atoms with Crippen LogP contribution in [0.15, 0.2) is 54.6 Å². The van der Waals surface area contributed by atoms with Crippen molar-refractivity contribution in [2.45, 2.75) is 19.4 Å². The highest BCUT2D eigenvalue weighted by Gasteiger charge is 2.22. The van der Waals surface area contributed by atoms with Crippen molar-refractivity contribution in [2.75, 3.05) is 26.2 Å². The normalized spacial score (nSPS) is 15.0. The quantitative estimate of drug-likeness (QED) is 0.749. The lowest BCUT2D eigenvalue weighted by atomic mass is 10.1. The summed E-state index contributed by atoms with van der Waals surface area (Å²) in [6, 6.07) is 15.8. The Morgan fingerprint density at radius 2 is 1.50 bits per heavy atom. The van der Waals surface area contributed by atoms with Gasteiger partial charge in [-0.1, -0.05) is 48.5 Å². The summed E-state index contributed by atoms with van der Waals surface area (Å²) in [7, 11) is 0. The van der Waals surface area contributed by atoms with Crippen LogP contribution in [0.25, 0.3) is 0 Å². The lowest BCUT2D eigenvalue weighted by Crippen LogP contribution is -2.48. The molecule has 0 aliphatic carbocycles. The van der Waals surface area contributed by atoms with Crippen molar-refractivity contribution in [2.24, 2.45) is 0 Å². The summed E-state index contributed by atoms with van der Waals surface area (Å²) >= 11 is 0. The van der Waals surface area contributed by atoms with Gasteiger partial charge in [0.2, 0.25) is 5.91 Å². The number of piperazine rings is 1. The molecule has 0 spiro atoms. The number of amides is 1. The molecule has 0 aromatic heterocycles. The second kappa shape index (κ2) is 8.72. The van der Waals surface area contributed by atoms with Crippen LogP contribution in [-0.2, 0) is 11.3 Å². The van der Waals surface area contributed by atoms with Crippen LogP contribution in [-0.4, -0.2) is 47.7 Å². The third-order valence-corrected chi connectivity index (χ3v) is 4.74. The molecule has 1 saturated heterocycles. The van der Waals surface area contributed by atoms with Gasteiger partial charge in [-0.2, -0.15) is 0 Å². The fraction of sp³-hybridized carbons (Fsp3) is 0.333. The van der Waals surface area contributed by atoms with E-state index in [1.54, 1.807) is 29.2 Å². The van der Waals surface area contributed by atoms with Gasteiger partial charge < -0.3 is 4.90 Å². The van der Waals surface area contributed by atoms with Crippen molar-refractivity contribution in [1.29, 1.82) is 0 Å². The van der Waals surface area contributed by atoms with Crippen LogP contribution in [0, 0.1) is 5.82 Å². The molecule has 0 bridgehead atoms. The second-order valence-corrected chi connectivity index (χ2v) is 6.54. The topological polar surface area (TPSA) is 40.6 Å². The van der Waals surface area contributed by atoms with Gasteiger partial charge in [-0.05, 0) is 6.07 Å². The highest BCUT2D eigenvalue weighted by molar-refractivity contribution is 5.97. The highest BCUT2D eigenvalue weighted by atomic mass is 19.1. The summed E-state index contributed by atoms with van der Waals surface area (Å²) in [6.45, 7) is 3.22. The third-order valence-electron chi connectivity index (χ3n) is 4.74. The molecular weight excluding hydrogens is 331 g/mol. The van der Waals surface area contributed by atoms with E-state index in [0.29, 0.717) is 43.9 Å². The number of Topliss-reactive ketones (excluding diaryl/α,β-unsaturated/α-hetero) is 1. The van der Waals surface area contributed by atoms with Crippen molar-refractivity contribution in [3.8, 4) is 0 Å². The van der Waals surface area contributed by atoms with E-state index < -0.39 is 0 Å². The smallest absolute Gasteiger partial charge is 0.223 e. The molecule has 1 amide bonds. The second-order valence-electron chi connectivity index (χ2n) is 6.54. The lowest BCUT2D eigenvalue weighted by Gasteiger charge is -2.34. The Labute approximate surface area is 153 Å². The zero-order valence-electron chi connectivity index (χ0n) is 14.7. The van der Waals surface area contributed by atoms with Crippen molar-refractivity contribution < 1.29 is 14.0 Å². The average Bonchev–Trinajstić information content (AvgIpc) is 2.69. The Kier molecular flexibility index (Phi) is 6.12. The van der Waals surface area contributed by atoms with Crippen molar-refractivity contribution in [1.82, 2.24) is 9.80 Å². The number of carbonyl (C=O) groups is 2. The number of nitrogens with zero attached hydrogens (tertiary/aromatic N) is 2. The molecule has 0 saturated carbocycles. The van der Waals surface area contributed by atoms with Gasteiger partial charge in [-0.25, -0.2) is 4.39 Å². The first kappa shape index (κ1) is 18.3. The standard InChI is InChI=1S/C21H23FN2O2/c22-19-9-5-4-8-18(19)16-23-12-14-24(15-13-23)21(26)11-10-20(25)17-6-2-1-3-7-17/h1-9H,10-16H2. The van der Waals surface area contributed by atoms with E-state index in [9.17, 15) is 14.0 Å². The summed E-state index contributed by atoms with van der Waals surface area (Å²) in [6.07, 6.45) is 0.472. The molecule has 1 heterocycles. The van der Waals surface area contributed by atoms with E-state index in [1.807, 2.05) is 24.3 Å². The zero-order chi connectivity index (χ0) is 18.4. The number of halogens is 1. The van der Waals surface area contributed by atoms with Crippen LogP contribution in [0.5, 0.6) is 0 Å². The first-order chi connectivity index (χ1) is 12.6. The Morgan fingerprint density at radius 1 is 0.846 bits per heavy atom. The molecule has 0 radical (unpaired) electrons. The summed E-state index contributed by atoms with van der Waals surface area (Å²) < 4.78 is 13.7. The number of hydrogen-bond acceptors (Lipinski definition) is 3. The summed E-state index contributed by atoms with van der Waals surface area (Å²) in [4.78, 5) is 28.4. The van der Waals surface area contributed by atoms with Gasteiger partial charge >= 0.3 is 0 Å². The maximum absolute atomic E-state index is 13.7. The van der Waals surface area contributed by atoms with Crippen molar-refractivity contribution in [3.63, 3.8) is 0 Å². The van der Waals surface area contributed by atoms with Gasteiger partial charge in [0, 0.05) is 56.7 Å². The van der Waals surface area contributed by atoms with Crippen LogP contribution in [0.4, 0.5) is 4.39 Å². The van der Waals surface area contributed by atoms with E-state index in [0.717, 1.165) is 0 Å². The Balaban J connectivity index is 1.43. The van der Waals surface area contributed by atoms with E-state index in [2.05, 4.69) is 4.90 Å². The Bertz CT molecular complexity index is 756. The monoisotopic (exact) mass is 354 g/mol. The maximum atomic E-state index is 13.7. The van der Waals surface area contributed by atoms with Crippen LogP contribution < -0.4 is 0 Å². The molecular formula is C21H23FN2O2. The Hall–Kier alpha value is -2.53. The van der Waals surface area contributed by atoms with Gasteiger partial charge in [0.15, 0.2) is 5.78 Å². The zero-order valence-corrected chi connectivity index (χ0v) is 14.7. The molecule has 0 atom stereocenters. The number of hydrogen-bond donors (Lipinski definition) is 0. The Morgan fingerprint density at radius 3 is 2.19 bits per heavy atom. The molecule has 0 unspecified atom stereocenters.